The highest BCUT2D eigenvalue weighted by Crippen LogP contribution is 2.38. The predicted octanol–water partition coefficient (Wildman–Crippen LogP) is 4.01. The lowest BCUT2D eigenvalue weighted by Gasteiger charge is -2.34. The Bertz CT molecular complexity index is 789. The lowest BCUT2D eigenvalue weighted by Crippen LogP contribution is -2.58. The number of amides is 1. The molecule has 1 aromatic carbocycles. The number of benzene rings is 1. The minimum atomic E-state index is -0.330. The van der Waals surface area contributed by atoms with E-state index in [0.717, 1.165) is 18.4 Å². The van der Waals surface area contributed by atoms with Crippen LogP contribution in [-0.2, 0) is 4.79 Å². The van der Waals surface area contributed by atoms with Crippen LogP contribution in [0, 0.1) is 5.41 Å². The zero-order valence-corrected chi connectivity index (χ0v) is 20.9. The highest BCUT2D eigenvalue weighted by Gasteiger charge is 2.27. The summed E-state index contributed by atoms with van der Waals surface area (Å²) >= 11 is 5.52. The van der Waals surface area contributed by atoms with Gasteiger partial charge >= 0.3 is 0 Å². The second kappa shape index (κ2) is 11.9. The van der Waals surface area contributed by atoms with Gasteiger partial charge in [0.05, 0.1) is 21.3 Å². The summed E-state index contributed by atoms with van der Waals surface area (Å²) in [5.41, 5.74) is 0.512. The van der Waals surface area contributed by atoms with E-state index in [4.69, 9.17) is 26.4 Å². The average Bonchev–Trinajstić information content (AvgIpc) is 2.76. The largest absolute Gasteiger partial charge is 0.493 e. The number of carbonyl (C=O) groups excluding carboxylic acids is 1. The van der Waals surface area contributed by atoms with E-state index in [1.54, 1.807) is 39.5 Å². The van der Waals surface area contributed by atoms with Gasteiger partial charge in [0.1, 0.15) is 6.17 Å². The molecule has 1 aromatic rings. The molecule has 0 aromatic heterocycles. The first-order valence-electron chi connectivity index (χ1n) is 11.0. The standard InChI is InChI=1S/C24H37N3O4S/c1-24(2,3)22(27-23(32)25-17-10-8-7-9-11-17)26-20(28)13-12-16-14-18(29-4)21(31-6)19(15-16)30-5/h12-15,17,22H,7-11H2,1-6H3,(H,26,28)(H2,25,27,32)/b13-12+. The number of ether oxygens (including phenoxy) is 3. The maximum absolute atomic E-state index is 12.7. The van der Waals surface area contributed by atoms with E-state index in [1.165, 1.54) is 25.3 Å². The van der Waals surface area contributed by atoms with Crippen LogP contribution in [0.15, 0.2) is 18.2 Å². The maximum Gasteiger partial charge on any atom is 0.245 e. The first kappa shape index (κ1) is 25.8. The van der Waals surface area contributed by atoms with Gasteiger partial charge < -0.3 is 30.2 Å². The van der Waals surface area contributed by atoms with Gasteiger partial charge in [0.2, 0.25) is 11.7 Å². The van der Waals surface area contributed by atoms with Gasteiger partial charge in [-0.3, -0.25) is 4.79 Å². The molecule has 0 spiro atoms. The summed E-state index contributed by atoms with van der Waals surface area (Å²) in [6.45, 7) is 6.16. The summed E-state index contributed by atoms with van der Waals surface area (Å²) in [5.74, 6) is 1.33. The van der Waals surface area contributed by atoms with E-state index in [2.05, 4.69) is 36.7 Å². The van der Waals surface area contributed by atoms with Crippen molar-refractivity contribution < 1.29 is 19.0 Å². The number of thiocarbonyl (C=S) groups is 1. The van der Waals surface area contributed by atoms with Gasteiger partial charge in [-0.15, -0.1) is 0 Å². The summed E-state index contributed by atoms with van der Waals surface area (Å²) < 4.78 is 16.1. The van der Waals surface area contributed by atoms with E-state index in [1.807, 2.05) is 0 Å². The van der Waals surface area contributed by atoms with Crippen molar-refractivity contribution in [2.24, 2.45) is 5.41 Å². The zero-order valence-electron chi connectivity index (χ0n) is 20.0. The lowest BCUT2D eigenvalue weighted by molar-refractivity contribution is -0.118. The molecule has 0 aliphatic heterocycles. The first-order valence-corrected chi connectivity index (χ1v) is 11.4. The second-order valence-corrected chi connectivity index (χ2v) is 9.46. The predicted molar refractivity (Wildman–Crippen MR) is 132 cm³/mol. The number of carbonyl (C=O) groups is 1. The van der Waals surface area contributed by atoms with Gasteiger partial charge in [-0.05, 0) is 48.8 Å². The van der Waals surface area contributed by atoms with Crippen molar-refractivity contribution >= 4 is 29.3 Å². The van der Waals surface area contributed by atoms with Gasteiger partial charge in [0.15, 0.2) is 16.6 Å². The molecule has 0 saturated heterocycles. The molecule has 2 rings (SSSR count). The Morgan fingerprint density at radius 3 is 2.12 bits per heavy atom. The van der Waals surface area contributed by atoms with E-state index in [-0.39, 0.29) is 17.5 Å². The third-order valence-corrected chi connectivity index (χ3v) is 5.72. The molecule has 1 atom stereocenters. The summed E-state index contributed by atoms with van der Waals surface area (Å²) in [6.07, 6.45) is 8.87. The number of rotatable bonds is 8. The Morgan fingerprint density at radius 2 is 1.62 bits per heavy atom. The average molecular weight is 464 g/mol. The van der Waals surface area contributed by atoms with Gasteiger partial charge in [0.25, 0.3) is 0 Å². The molecule has 1 fully saturated rings. The molecule has 1 saturated carbocycles. The van der Waals surface area contributed by atoms with E-state index >= 15 is 0 Å². The Morgan fingerprint density at radius 1 is 1.03 bits per heavy atom. The van der Waals surface area contributed by atoms with Crippen molar-refractivity contribution in [3.05, 3.63) is 23.8 Å². The van der Waals surface area contributed by atoms with Crippen LogP contribution in [-0.4, -0.2) is 44.6 Å². The van der Waals surface area contributed by atoms with Crippen molar-refractivity contribution in [2.75, 3.05) is 21.3 Å². The van der Waals surface area contributed by atoms with Crippen LogP contribution in [0.1, 0.15) is 58.4 Å². The zero-order chi connectivity index (χ0) is 23.7. The topological polar surface area (TPSA) is 80.9 Å². The fourth-order valence-electron chi connectivity index (χ4n) is 3.63. The molecule has 1 unspecified atom stereocenters. The monoisotopic (exact) mass is 463 g/mol. The van der Waals surface area contributed by atoms with Crippen molar-refractivity contribution in [1.82, 2.24) is 16.0 Å². The highest BCUT2D eigenvalue weighted by atomic mass is 32.1. The molecule has 0 bridgehead atoms. The van der Waals surface area contributed by atoms with Crippen LogP contribution in [0.5, 0.6) is 17.2 Å². The minimum Gasteiger partial charge on any atom is -0.493 e. The van der Waals surface area contributed by atoms with Crippen LogP contribution in [0.25, 0.3) is 6.08 Å². The second-order valence-electron chi connectivity index (χ2n) is 9.05. The Hall–Kier alpha value is -2.48. The first-order chi connectivity index (χ1) is 15.2. The molecule has 3 N–H and O–H groups in total. The number of methoxy groups -OCH3 is 3. The summed E-state index contributed by atoms with van der Waals surface area (Å²) in [6, 6.07) is 3.97. The minimum absolute atomic E-state index is 0.230. The number of hydrogen-bond acceptors (Lipinski definition) is 5. The molecule has 1 aliphatic rings. The fourth-order valence-corrected chi connectivity index (χ4v) is 3.92. The van der Waals surface area contributed by atoms with E-state index in [9.17, 15) is 4.79 Å². The van der Waals surface area contributed by atoms with Crippen LogP contribution >= 0.6 is 12.2 Å². The third kappa shape index (κ3) is 7.58. The summed E-state index contributed by atoms with van der Waals surface area (Å²) in [7, 11) is 4.67. The molecule has 1 amide bonds. The molecule has 0 heterocycles. The molecule has 7 nitrogen and oxygen atoms in total. The Labute approximate surface area is 197 Å². The van der Waals surface area contributed by atoms with Crippen LogP contribution in [0.3, 0.4) is 0 Å². The van der Waals surface area contributed by atoms with Crippen molar-refractivity contribution in [3.8, 4) is 17.2 Å². The molecule has 178 valence electrons. The summed E-state index contributed by atoms with van der Waals surface area (Å²) in [5, 5.41) is 10.3. The Balaban J connectivity index is 2.05. The summed E-state index contributed by atoms with van der Waals surface area (Å²) in [4.78, 5) is 12.7. The van der Waals surface area contributed by atoms with Crippen molar-refractivity contribution in [3.63, 3.8) is 0 Å². The maximum atomic E-state index is 12.7. The quantitative estimate of drug-likeness (QED) is 0.305. The smallest absolute Gasteiger partial charge is 0.245 e. The van der Waals surface area contributed by atoms with E-state index in [0.29, 0.717) is 28.4 Å². The number of hydrogen-bond donors (Lipinski definition) is 3. The lowest BCUT2D eigenvalue weighted by atomic mass is 9.92. The number of nitrogens with one attached hydrogen (secondary N) is 3. The van der Waals surface area contributed by atoms with Crippen molar-refractivity contribution in [1.29, 1.82) is 0 Å². The fraction of sp³-hybridized carbons (Fsp3) is 0.583. The van der Waals surface area contributed by atoms with Crippen LogP contribution in [0.2, 0.25) is 0 Å². The molecule has 8 heteroatoms. The van der Waals surface area contributed by atoms with Gasteiger partial charge in [-0.25, -0.2) is 0 Å². The molecule has 1 aliphatic carbocycles. The normalized spacial score (nSPS) is 15.7. The van der Waals surface area contributed by atoms with Gasteiger partial charge in [-0.1, -0.05) is 40.0 Å². The molecular weight excluding hydrogens is 426 g/mol. The third-order valence-electron chi connectivity index (χ3n) is 5.48. The Kier molecular flexibility index (Phi) is 9.62. The molecule has 32 heavy (non-hydrogen) atoms. The van der Waals surface area contributed by atoms with Crippen molar-refractivity contribution in [2.45, 2.75) is 65.1 Å². The van der Waals surface area contributed by atoms with Gasteiger partial charge in [-0.2, -0.15) is 0 Å². The van der Waals surface area contributed by atoms with Gasteiger partial charge in [0, 0.05) is 17.5 Å². The van der Waals surface area contributed by atoms with E-state index < -0.39 is 0 Å². The highest BCUT2D eigenvalue weighted by molar-refractivity contribution is 7.80. The molecular formula is C24H37N3O4S. The van der Waals surface area contributed by atoms with Crippen LogP contribution in [0.4, 0.5) is 0 Å². The van der Waals surface area contributed by atoms with Crippen LogP contribution < -0.4 is 30.2 Å². The molecule has 0 radical (unpaired) electrons. The SMILES string of the molecule is COc1cc(/C=C/C(=O)NC(NC(=S)NC2CCCCC2)C(C)(C)C)cc(OC)c1OC.